The summed E-state index contributed by atoms with van der Waals surface area (Å²) in [6.45, 7) is 6.16. The fraction of sp³-hybridized carbons (Fsp3) is 0.927. The molecule has 7 heteroatoms. The third-order valence-electron chi connectivity index (χ3n) is 9.22. The molecular formula is C41H80N2O5. The van der Waals surface area contributed by atoms with E-state index >= 15 is 0 Å². The highest BCUT2D eigenvalue weighted by Crippen LogP contribution is 2.14. The summed E-state index contributed by atoms with van der Waals surface area (Å²) in [7, 11) is 0. The predicted octanol–water partition coefficient (Wildman–Crippen LogP) is 10.9. The van der Waals surface area contributed by atoms with Crippen LogP contribution in [0.15, 0.2) is 0 Å². The van der Waals surface area contributed by atoms with Gasteiger partial charge in [-0.25, -0.2) is 0 Å². The van der Waals surface area contributed by atoms with Crippen LogP contribution in [-0.2, 0) is 23.9 Å². The number of amides is 2. The quantitative estimate of drug-likeness (QED) is 0.0498. The number of ether oxygens (including phenoxy) is 2. The molecule has 0 atom stereocenters. The second-order valence-electron chi connectivity index (χ2n) is 14.0. The lowest BCUT2D eigenvalue weighted by atomic mass is 10.0. The van der Waals surface area contributed by atoms with Crippen molar-refractivity contribution >= 4 is 17.8 Å². The second kappa shape index (κ2) is 39.8. The van der Waals surface area contributed by atoms with Crippen LogP contribution in [0.5, 0.6) is 0 Å². The maximum absolute atomic E-state index is 12.0. The molecule has 2 amide bonds. The van der Waals surface area contributed by atoms with E-state index in [2.05, 4.69) is 24.5 Å². The molecule has 0 aromatic carbocycles. The monoisotopic (exact) mass is 681 g/mol. The minimum atomic E-state index is -0.335. The first-order valence-electron chi connectivity index (χ1n) is 20.9. The first kappa shape index (κ1) is 46.4. The van der Waals surface area contributed by atoms with E-state index in [9.17, 15) is 14.4 Å². The summed E-state index contributed by atoms with van der Waals surface area (Å²) in [6, 6.07) is 0. The summed E-state index contributed by atoms with van der Waals surface area (Å²) in [4.78, 5) is 35.9. The summed E-state index contributed by atoms with van der Waals surface area (Å²) in [5.41, 5.74) is 0. The van der Waals surface area contributed by atoms with E-state index in [4.69, 9.17) is 9.47 Å². The van der Waals surface area contributed by atoms with Crippen molar-refractivity contribution in [2.24, 2.45) is 0 Å². The van der Waals surface area contributed by atoms with Crippen molar-refractivity contribution in [2.75, 3.05) is 32.9 Å². The zero-order valence-electron chi connectivity index (χ0n) is 32.0. The highest BCUT2D eigenvalue weighted by molar-refractivity contribution is 5.76. The molecule has 48 heavy (non-hydrogen) atoms. The molecule has 0 aromatic rings. The van der Waals surface area contributed by atoms with Gasteiger partial charge in [0.2, 0.25) is 11.8 Å². The van der Waals surface area contributed by atoms with Crippen LogP contribution in [0.2, 0.25) is 0 Å². The normalized spacial score (nSPS) is 11.1. The van der Waals surface area contributed by atoms with Gasteiger partial charge in [-0.15, -0.1) is 0 Å². The Bertz CT molecular complexity index is 702. The second-order valence-corrected chi connectivity index (χ2v) is 14.0. The molecular weight excluding hydrogens is 600 g/mol. The molecule has 0 radical (unpaired) electrons. The Morgan fingerprint density at radius 2 is 0.688 bits per heavy atom. The summed E-state index contributed by atoms with van der Waals surface area (Å²) < 4.78 is 10.6. The largest absolute Gasteiger partial charge is 0.464 e. The van der Waals surface area contributed by atoms with E-state index < -0.39 is 0 Å². The van der Waals surface area contributed by atoms with Gasteiger partial charge in [0.25, 0.3) is 0 Å². The lowest BCUT2D eigenvalue weighted by molar-refractivity contribution is -0.145. The molecule has 0 spiro atoms. The molecule has 0 heterocycles. The number of esters is 1. The zero-order chi connectivity index (χ0) is 35.0. The van der Waals surface area contributed by atoms with E-state index in [0.29, 0.717) is 32.5 Å². The highest BCUT2D eigenvalue weighted by Gasteiger charge is 2.06. The van der Waals surface area contributed by atoms with Crippen LogP contribution >= 0.6 is 0 Å². The average molecular weight is 681 g/mol. The maximum Gasteiger partial charge on any atom is 0.308 e. The number of unbranched alkanes of at least 4 members (excludes halogenated alkanes) is 26. The van der Waals surface area contributed by atoms with Crippen LogP contribution in [0.4, 0.5) is 0 Å². The Morgan fingerprint density at radius 3 is 1.04 bits per heavy atom. The van der Waals surface area contributed by atoms with Crippen molar-refractivity contribution in [2.45, 2.75) is 213 Å². The standard InChI is InChI=1S/C41H80N2O5/c1-3-5-7-9-11-13-15-17-18-20-22-24-26-28-30-32-40(45)43-35-38-48-41(46)33-36-47-37-34-42-39(44)31-29-27-25-23-21-19-16-14-12-10-8-6-4-2/h3-38H2,1-2H3,(H,42,44)(H,43,45). The number of rotatable bonds is 39. The van der Waals surface area contributed by atoms with Crippen molar-refractivity contribution in [3.8, 4) is 0 Å². The molecule has 7 nitrogen and oxygen atoms in total. The molecule has 0 aromatic heterocycles. The van der Waals surface area contributed by atoms with Crippen molar-refractivity contribution in [1.82, 2.24) is 10.6 Å². The highest BCUT2D eigenvalue weighted by atomic mass is 16.5. The summed E-state index contributed by atoms with van der Waals surface area (Å²) in [5.74, 6) is -0.235. The average Bonchev–Trinajstić information content (AvgIpc) is 3.08. The van der Waals surface area contributed by atoms with Gasteiger partial charge in [-0.2, -0.15) is 0 Å². The van der Waals surface area contributed by atoms with Crippen molar-refractivity contribution < 1.29 is 23.9 Å². The van der Waals surface area contributed by atoms with Gasteiger partial charge in [0.15, 0.2) is 0 Å². The third-order valence-corrected chi connectivity index (χ3v) is 9.22. The molecule has 0 saturated carbocycles. The molecule has 0 aliphatic heterocycles. The Labute approximate surface area is 297 Å². The topological polar surface area (TPSA) is 93.7 Å². The van der Waals surface area contributed by atoms with Crippen LogP contribution in [0.25, 0.3) is 0 Å². The Hall–Kier alpha value is -1.63. The summed E-state index contributed by atoms with van der Waals surface area (Å²) in [5, 5.41) is 5.72. The van der Waals surface area contributed by atoms with Crippen molar-refractivity contribution in [3.05, 3.63) is 0 Å². The smallest absolute Gasteiger partial charge is 0.308 e. The van der Waals surface area contributed by atoms with Gasteiger partial charge in [0.05, 0.1) is 26.2 Å². The number of hydrogen-bond donors (Lipinski definition) is 2. The number of nitrogens with one attached hydrogen (secondary N) is 2. The fourth-order valence-corrected chi connectivity index (χ4v) is 6.08. The molecule has 2 N–H and O–H groups in total. The lowest BCUT2D eigenvalue weighted by Gasteiger charge is -2.08. The van der Waals surface area contributed by atoms with Gasteiger partial charge in [0, 0.05) is 19.4 Å². The van der Waals surface area contributed by atoms with Gasteiger partial charge in [0.1, 0.15) is 6.61 Å². The Kier molecular flexibility index (Phi) is 38.5. The lowest BCUT2D eigenvalue weighted by Crippen LogP contribution is -2.28. The molecule has 284 valence electrons. The van der Waals surface area contributed by atoms with Crippen LogP contribution < -0.4 is 10.6 Å². The Balaban J connectivity index is 3.34. The SMILES string of the molecule is CCCCCCCCCCCCCCCCCC(=O)NCCOC(=O)CCOCCNC(=O)CCCCCCCCCCCCCCC. The van der Waals surface area contributed by atoms with Crippen molar-refractivity contribution in [1.29, 1.82) is 0 Å². The molecule has 0 rings (SSSR count). The summed E-state index contributed by atoms with van der Waals surface area (Å²) in [6.07, 6.45) is 37.8. The number of carbonyl (C=O) groups is 3. The maximum atomic E-state index is 12.0. The van der Waals surface area contributed by atoms with E-state index in [1.165, 1.54) is 154 Å². The summed E-state index contributed by atoms with van der Waals surface area (Å²) >= 11 is 0. The number of carbonyl (C=O) groups excluding carboxylic acids is 3. The van der Waals surface area contributed by atoms with Crippen LogP contribution in [-0.4, -0.2) is 50.7 Å². The van der Waals surface area contributed by atoms with E-state index in [0.717, 1.165) is 25.7 Å². The molecule has 0 aliphatic carbocycles. The molecule has 0 unspecified atom stereocenters. The predicted molar refractivity (Wildman–Crippen MR) is 202 cm³/mol. The van der Waals surface area contributed by atoms with Gasteiger partial charge < -0.3 is 20.1 Å². The Morgan fingerprint density at radius 1 is 0.375 bits per heavy atom. The minimum Gasteiger partial charge on any atom is -0.464 e. The first-order chi connectivity index (χ1) is 23.6. The number of hydrogen-bond acceptors (Lipinski definition) is 5. The molecule has 0 saturated heterocycles. The van der Waals surface area contributed by atoms with E-state index in [1.54, 1.807) is 0 Å². The first-order valence-corrected chi connectivity index (χ1v) is 20.9. The third kappa shape index (κ3) is 38.8. The van der Waals surface area contributed by atoms with Crippen molar-refractivity contribution in [3.63, 3.8) is 0 Å². The van der Waals surface area contributed by atoms with E-state index in [1.807, 2.05) is 0 Å². The van der Waals surface area contributed by atoms with E-state index in [-0.39, 0.29) is 37.4 Å². The van der Waals surface area contributed by atoms with Crippen LogP contribution in [0, 0.1) is 0 Å². The molecule has 0 fully saturated rings. The van der Waals surface area contributed by atoms with Gasteiger partial charge >= 0.3 is 5.97 Å². The molecule has 0 bridgehead atoms. The van der Waals surface area contributed by atoms with Gasteiger partial charge in [-0.3, -0.25) is 14.4 Å². The molecule has 0 aliphatic rings. The zero-order valence-corrected chi connectivity index (χ0v) is 32.0. The van der Waals surface area contributed by atoms with Gasteiger partial charge in [-0.05, 0) is 12.8 Å². The minimum absolute atomic E-state index is 0.0280. The van der Waals surface area contributed by atoms with Gasteiger partial charge in [-0.1, -0.05) is 181 Å². The van der Waals surface area contributed by atoms with Crippen LogP contribution in [0.1, 0.15) is 213 Å². The fourth-order valence-electron chi connectivity index (χ4n) is 6.08. The van der Waals surface area contributed by atoms with Crippen LogP contribution in [0.3, 0.4) is 0 Å².